The second kappa shape index (κ2) is 14.3. The number of aromatic nitrogens is 4. The van der Waals surface area contributed by atoms with Gasteiger partial charge in [0.05, 0.1) is 31.0 Å². The number of furan rings is 1. The number of nitrogens with zero attached hydrogens (tertiary/aromatic N) is 8. The first-order valence-corrected chi connectivity index (χ1v) is 16.3. The van der Waals surface area contributed by atoms with Gasteiger partial charge in [-0.25, -0.2) is 14.6 Å². The molecule has 12 heteroatoms. The molecule has 1 saturated heterocycles. The van der Waals surface area contributed by atoms with Crippen molar-refractivity contribution in [2.75, 3.05) is 64.9 Å². The predicted octanol–water partition coefficient (Wildman–Crippen LogP) is 3.78. The van der Waals surface area contributed by atoms with Crippen LogP contribution in [0.2, 0.25) is 0 Å². The number of carbonyl (C=O) groups excluding carboxylic acids is 2. The number of benzene rings is 1. The Balaban J connectivity index is 1.04. The molecule has 2 aliphatic rings. The van der Waals surface area contributed by atoms with Crippen molar-refractivity contribution in [3.05, 3.63) is 66.5 Å². The summed E-state index contributed by atoms with van der Waals surface area (Å²) in [4.78, 5) is 44.3. The lowest BCUT2D eigenvalue weighted by molar-refractivity contribution is -0.137. The molecular weight excluding hydrogens is 584 g/mol. The topological polar surface area (TPSA) is 113 Å². The summed E-state index contributed by atoms with van der Waals surface area (Å²) in [5.74, 6) is 2.21. The van der Waals surface area contributed by atoms with Crippen molar-refractivity contribution in [2.45, 2.75) is 45.2 Å². The van der Waals surface area contributed by atoms with Gasteiger partial charge in [-0.2, -0.15) is 5.10 Å². The van der Waals surface area contributed by atoms with Gasteiger partial charge in [0.25, 0.3) is 5.91 Å². The Morgan fingerprint density at radius 3 is 2.52 bits per heavy atom. The van der Waals surface area contributed by atoms with Crippen LogP contribution in [-0.2, 0) is 11.3 Å². The van der Waals surface area contributed by atoms with Crippen molar-refractivity contribution in [3.63, 3.8) is 0 Å². The first kappa shape index (κ1) is 31.5. The maximum absolute atomic E-state index is 13.6. The van der Waals surface area contributed by atoms with Crippen LogP contribution in [0.3, 0.4) is 0 Å². The molecule has 1 aromatic carbocycles. The van der Waals surface area contributed by atoms with Crippen molar-refractivity contribution >= 4 is 28.7 Å². The Hall–Kier alpha value is -4.45. The average molecular weight is 629 g/mol. The summed E-state index contributed by atoms with van der Waals surface area (Å²) in [6.45, 7) is 7.28. The lowest BCUT2D eigenvalue weighted by Gasteiger charge is -2.40. The number of hydrogen-bond donors (Lipinski definition) is 0. The van der Waals surface area contributed by atoms with Crippen LogP contribution in [0.5, 0.6) is 5.75 Å². The summed E-state index contributed by atoms with van der Waals surface area (Å²) in [7, 11) is 4.02. The van der Waals surface area contributed by atoms with E-state index in [9.17, 15) is 9.59 Å². The number of piperazine rings is 1. The first-order valence-electron chi connectivity index (χ1n) is 16.3. The van der Waals surface area contributed by atoms with Crippen LogP contribution in [0, 0.1) is 5.92 Å². The molecular formula is C34H44N8O4. The van der Waals surface area contributed by atoms with Gasteiger partial charge >= 0.3 is 0 Å². The summed E-state index contributed by atoms with van der Waals surface area (Å²) < 4.78 is 13.0. The fourth-order valence-corrected chi connectivity index (χ4v) is 6.65. The van der Waals surface area contributed by atoms with Crippen LogP contribution < -0.4 is 9.64 Å². The number of hydrogen-bond acceptors (Lipinski definition) is 9. The van der Waals surface area contributed by atoms with E-state index in [4.69, 9.17) is 9.15 Å². The molecule has 1 saturated carbocycles. The quantitative estimate of drug-likeness (QED) is 0.245. The zero-order valence-electron chi connectivity index (χ0n) is 27.0. The molecule has 3 aromatic heterocycles. The van der Waals surface area contributed by atoms with Crippen molar-refractivity contribution < 1.29 is 18.7 Å². The van der Waals surface area contributed by atoms with Crippen LogP contribution in [0.1, 0.15) is 48.7 Å². The molecule has 1 aliphatic carbocycles. The second-order valence-corrected chi connectivity index (χ2v) is 12.4. The smallest absolute Gasteiger partial charge is 0.289 e. The zero-order valence-corrected chi connectivity index (χ0v) is 27.0. The summed E-state index contributed by atoms with van der Waals surface area (Å²) in [6, 6.07) is 11.6. The molecule has 2 fully saturated rings. The van der Waals surface area contributed by atoms with Crippen molar-refractivity contribution in [1.29, 1.82) is 0 Å². The van der Waals surface area contributed by atoms with Crippen molar-refractivity contribution in [2.24, 2.45) is 5.92 Å². The molecule has 2 amide bonds. The van der Waals surface area contributed by atoms with E-state index >= 15 is 0 Å². The number of anilines is 1. The molecule has 6 rings (SSSR count). The minimum absolute atomic E-state index is 0.0116. The molecule has 244 valence electrons. The van der Waals surface area contributed by atoms with Gasteiger partial charge < -0.3 is 28.8 Å². The third-order valence-electron chi connectivity index (χ3n) is 9.11. The van der Waals surface area contributed by atoms with E-state index in [0.29, 0.717) is 51.6 Å². The number of carbonyl (C=O) groups is 2. The fraction of sp³-hybridized carbons (Fsp3) is 0.500. The maximum Gasteiger partial charge on any atom is 0.289 e. The second-order valence-electron chi connectivity index (χ2n) is 12.4. The van der Waals surface area contributed by atoms with Gasteiger partial charge in [0.1, 0.15) is 17.9 Å². The molecule has 12 nitrogen and oxygen atoms in total. The van der Waals surface area contributed by atoms with Gasteiger partial charge in [-0.3, -0.25) is 9.59 Å². The molecule has 0 unspecified atom stereocenters. The Kier molecular flexibility index (Phi) is 9.82. The number of rotatable bonds is 11. The highest BCUT2D eigenvalue weighted by Gasteiger charge is 2.35. The normalized spacial score (nSPS) is 18.7. The minimum Gasteiger partial charge on any atom is -0.494 e. The largest absolute Gasteiger partial charge is 0.494 e. The highest BCUT2D eigenvalue weighted by molar-refractivity contribution is 5.91. The summed E-state index contributed by atoms with van der Waals surface area (Å²) in [5.41, 5.74) is 1.87. The Morgan fingerprint density at radius 2 is 1.80 bits per heavy atom. The lowest BCUT2D eigenvalue weighted by Crippen LogP contribution is -2.52. The van der Waals surface area contributed by atoms with Crippen LogP contribution in [0.15, 0.2) is 59.6 Å². The summed E-state index contributed by atoms with van der Waals surface area (Å²) in [6.07, 6.45) is 8.17. The molecule has 0 spiro atoms. The van der Waals surface area contributed by atoms with Gasteiger partial charge in [0.15, 0.2) is 11.4 Å². The highest BCUT2D eigenvalue weighted by atomic mass is 16.5. The van der Waals surface area contributed by atoms with E-state index in [0.717, 1.165) is 60.4 Å². The maximum atomic E-state index is 13.6. The van der Waals surface area contributed by atoms with Gasteiger partial charge in [0.2, 0.25) is 5.91 Å². The summed E-state index contributed by atoms with van der Waals surface area (Å²) in [5, 5.41) is 5.55. The van der Waals surface area contributed by atoms with Crippen LogP contribution in [0.4, 0.5) is 5.82 Å². The monoisotopic (exact) mass is 628 g/mol. The van der Waals surface area contributed by atoms with Gasteiger partial charge in [-0.1, -0.05) is 12.1 Å². The first-order chi connectivity index (χ1) is 22.4. The number of amides is 2. The number of ether oxygens (including phenoxy) is 1. The fourth-order valence-electron chi connectivity index (χ4n) is 6.65. The van der Waals surface area contributed by atoms with E-state index in [-0.39, 0.29) is 23.8 Å². The van der Waals surface area contributed by atoms with Gasteiger partial charge in [-0.05, 0) is 76.5 Å². The average Bonchev–Trinajstić information content (AvgIpc) is 3.76. The predicted molar refractivity (Wildman–Crippen MR) is 175 cm³/mol. The molecule has 1 aliphatic heterocycles. The van der Waals surface area contributed by atoms with E-state index in [1.165, 1.54) is 6.26 Å². The third kappa shape index (κ3) is 7.01. The van der Waals surface area contributed by atoms with Crippen LogP contribution in [-0.4, -0.2) is 112 Å². The van der Waals surface area contributed by atoms with Crippen LogP contribution >= 0.6 is 0 Å². The minimum atomic E-state index is -0.0714. The molecule has 0 atom stereocenters. The Morgan fingerprint density at radius 1 is 1.00 bits per heavy atom. The van der Waals surface area contributed by atoms with E-state index < -0.39 is 0 Å². The lowest BCUT2D eigenvalue weighted by atomic mass is 9.84. The molecule has 46 heavy (non-hydrogen) atoms. The van der Waals surface area contributed by atoms with E-state index in [1.807, 2.05) is 59.9 Å². The SMILES string of the molecule is CCOc1cccc(Cn2ncc3c(N4CCN(C(=O)C5CCC(N(CCN(C)C)C(=O)c6ccco6)CC5)CC4)ncnc32)c1. The van der Waals surface area contributed by atoms with Gasteiger partial charge in [-0.15, -0.1) is 0 Å². The Labute approximate surface area is 269 Å². The van der Waals surface area contributed by atoms with Crippen LogP contribution in [0.25, 0.3) is 11.0 Å². The molecule has 0 radical (unpaired) electrons. The molecule has 0 bridgehead atoms. The standard InChI is InChI=1S/C34H44N8O4/c1-4-45-28-8-5-7-25(21-28)23-42-32-29(22-37-42)31(35-24-36-32)39-15-17-40(18-16-39)33(43)26-10-12-27(13-11-26)41(19-14-38(2)3)34(44)30-9-6-20-46-30/h5-9,20-22,24,26-27H,4,10-19,23H2,1-3H3. The number of likely N-dealkylation sites (N-methyl/N-ethyl adjacent to an activating group) is 1. The zero-order chi connectivity index (χ0) is 32.0. The highest BCUT2D eigenvalue weighted by Crippen LogP contribution is 2.31. The molecule has 4 heterocycles. The third-order valence-corrected chi connectivity index (χ3v) is 9.11. The van der Waals surface area contributed by atoms with Crippen molar-refractivity contribution in [1.82, 2.24) is 34.4 Å². The molecule has 4 aromatic rings. The van der Waals surface area contributed by atoms with Gasteiger partial charge in [0, 0.05) is 51.2 Å². The molecule has 0 N–H and O–H groups in total. The number of fused-ring (bicyclic) bond motifs is 1. The Bertz CT molecular complexity index is 1600. The van der Waals surface area contributed by atoms with Crippen molar-refractivity contribution in [3.8, 4) is 5.75 Å². The van der Waals surface area contributed by atoms with E-state index in [2.05, 4.69) is 30.9 Å². The van der Waals surface area contributed by atoms with E-state index in [1.54, 1.807) is 18.5 Å². The summed E-state index contributed by atoms with van der Waals surface area (Å²) >= 11 is 0.